The summed E-state index contributed by atoms with van der Waals surface area (Å²) < 4.78 is 5.33. The van der Waals surface area contributed by atoms with Crippen LogP contribution in [0.25, 0.3) is 0 Å². The number of aryl methyl sites for hydroxylation is 1. The summed E-state index contributed by atoms with van der Waals surface area (Å²) >= 11 is 7.49. The maximum Gasteiger partial charge on any atom is 0.260 e. The van der Waals surface area contributed by atoms with Crippen molar-refractivity contribution in [3.8, 4) is 0 Å². The van der Waals surface area contributed by atoms with Crippen LogP contribution in [-0.4, -0.2) is 12.0 Å². The van der Waals surface area contributed by atoms with Crippen molar-refractivity contribution >= 4 is 23.4 Å². The number of hydrogen-bond donors (Lipinski definition) is 1. The van der Waals surface area contributed by atoms with E-state index in [1.54, 1.807) is 6.26 Å². The summed E-state index contributed by atoms with van der Waals surface area (Å²) in [6.45, 7) is 2.67. The normalized spacial score (nSPS) is 10.8. The average Bonchev–Trinajstić information content (AvgIpc) is 2.69. The van der Waals surface area contributed by atoms with Gasteiger partial charge in [0.25, 0.3) is 5.22 Å². The van der Waals surface area contributed by atoms with Crippen LogP contribution in [0.2, 0.25) is 5.02 Å². The van der Waals surface area contributed by atoms with Gasteiger partial charge in [-0.25, -0.2) is 4.98 Å². The molecular weight excluding hydrogens is 256 g/mol. The molecule has 0 unspecified atom stereocenters. The van der Waals surface area contributed by atoms with Crippen molar-refractivity contribution in [1.82, 2.24) is 10.3 Å². The minimum Gasteiger partial charge on any atom is -0.439 e. The van der Waals surface area contributed by atoms with Crippen molar-refractivity contribution < 1.29 is 4.42 Å². The number of rotatable bonds is 4. The molecule has 5 heteroatoms. The first-order valence-electron chi connectivity index (χ1n) is 5.22. The highest BCUT2D eigenvalue weighted by atomic mass is 35.5. The fraction of sp³-hybridized carbons (Fsp3) is 0.250. The predicted molar refractivity (Wildman–Crippen MR) is 69.6 cm³/mol. The predicted octanol–water partition coefficient (Wildman–Crippen LogP) is 3.51. The molecule has 0 aliphatic carbocycles. The van der Waals surface area contributed by atoms with E-state index in [1.807, 2.05) is 32.2 Å². The molecule has 0 amide bonds. The van der Waals surface area contributed by atoms with Gasteiger partial charge in [0.2, 0.25) is 0 Å². The summed E-state index contributed by atoms with van der Waals surface area (Å²) in [6.07, 6.45) is 1.65. The van der Waals surface area contributed by atoms with Gasteiger partial charge in [-0.1, -0.05) is 11.6 Å². The first-order chi connectivity index (χ1) is 8.19. The van der Waals surface area contributed by atoms with Gasteiger partial charge in [0.1, 0.15) is 6.26 Å². The molecule has 0 aliphatic rings. The van der Waals surface area contributed by atoms with Crippen molar-refractivity contribution in [2.24, 2.45) is 0 Å². The molecule has 1 aromatic heterocycles. The quantitative estimate of drug-likeness (QED) is 0.921. The molecule has 0 radical (unpaired) electrons. The van der Waals surface area contributed by atoms with Crippen LogP contribution in [0.1, 0.15) is 11.3 Å². The van der Waals surface area contributed by atoms with Crippen LogP contribution in [0.15, 0.2) is 39.0 Å². The number of halogens is 1. The van der Waals surface area contributed by atoms with E-state index in [-0.39, 0.29) is 0 Å². The smallest absolute Gasteiger partial charge is 0.260 e. The van der Waals surface area contributed by atoms with Gasteiger partial charge in [-0.3, -0.25) is 0 Å². The van der Waals surface area contributed by atoms with Gasteiger partial charge in [-0.05, 0) is 49.5 Å². The number of hydrogen-bond acceptors (Lipinski definition) is 4. The number of oxazole rings is 1. The van der Waals surface area contributed by atoms with Crippen molar-refractivity contribution in [2.45, 2.75) is 23.6 Å². The molecule has 2 rings (SSSR count). The van der Waals surface area contributed by atoms with Gasteiger partial charge in [0, 0.05) is 16.5 Å². The standard InChI is InChI=1S/C12H13ClN2OS/c1-8-7-16-12(15-8)17-11-4-3-10(13)5-9(11)6-14-2/h3-5,7,14H,6H2,1-2H3. The monoisotopic (exact) mass is 268 g/mol. The van der Waals surface area contributed by atoms with E-state index in [0.29, 0.717) is 5.22 Å². The zero-order chi connectivity index (χ0) is 12.3. The highest BCUT2D eigenvalue weighted by molar-refractivity contribution is 7.99. The third-order valence-electron chi connectivity index (χ3n) is 2.18. The summed E-state index contributed by atoms with van der Waals surface area (Å²) in [4.78, 5) is 5.37. The van der Waals surface area contributed by atoms with Crippen LogP contribution in [0, 0.1) is 6.92 Å². The summed E-state index contributed by atoms with van der Waals surface area (Å²) in [5.41, 5.74) is 2.03. The Morgan fingerprint density at radius 2 is 2.29 bits per heavy atom. The summed E-state index contributed by atoms with van der Waals surface area (Å²) in [5, 5.41) is 4.51. The SMILES string of the molecule is CNCc1cc(Cl)ccc1Sc1nc(C)co1. The van der Waals surface area contributed by atoms with E-state index in [1.165, 1.54) is 11.8 Å². The van der Waals surface area contributed by atoms with Crippen molar-refractivity contribution in [3.63, 3.8) is 0 Å². The molecule has 3 nitrogen and oxygen atoms in total. The van der Waals surface area contributed by atoms with Crippen molar-refractivity contribution in [2.75, 3.05) is 7.05 Å². The molecule has 1 N–H and O–H groups in total. The lowest BCUT2D eigenvalue weighted by Crippen LogP contribution is -2.06. The Labute approximate surface area is 110 Å². The first kappa shape index (κ1) is 12.5. The lowest BCUT2D eigenvalue weighted by atomic mass is 10.2. The topological polar surface area (TPSA) is 38.1 Å². The van der Waals surface area contributed by atoms with Crippen LogP contribution < -0.4 is 5.32 Å². The summed E-state index contributed by atoms with van der Waals surface area (Å²) in [5.74, 6) is 0. The Morgan fingerprint density at radius 3 is 2.94 bits per heavy atom. The molecule has 17 heavy (non-hydrogen) atoms. The Kier molecular flexibility index (Phi) is 4.10. The Morgan fingerprint density at radius 1 is 1.47 bits per heavy atom. The van der Waals surface area contributed by atoms with E-state index >= 15 is 0 Å². The third-order valence-corrected chi connectivity index (χ3v) is 3.40. The van der Waals surface area contributed by atoms with Crippen LogP contribution >= 0.6 is 23.4 Å². The molecule has 0 bridgehead atoms. The fourth-order valence-electron chi connectivity index (χ4n) is 1.45. The lowest BCUT2D eigenvalue weighted by Gasteiger charge is -2.07. The summed E-state index contributed by atoms with van der Waals surface area (Å²) in [7, 11) is 1.91. The van der Waals surface area contributed by atoms with E-state index in [2.05, 4.69) is 10.3 Å². The highest BCUT2D eigenvalue weighted by Gasteiger charge is 2.08. The molecule has 90 valence electrons. The molecule has 1 heterocycles. The number of nitrogens with zero attached hydrogens (tertiary/aromatic N) is 1. The molecule has 0 saturated heterocycles. The van der Waals surface area contributed by atoms with Crippen LogP contribution in [0.3, 0.4) is 0 Å². The van der Waals surface area contributed by atoms with E-state index in [9.17, 15) is 0 Å². The number of benzene rings is 1. The largest absolute Gasteiger partial charge is 0.439 e. The van der Waals surface area contributed by atoms with Crippen molar-refractivity contribution in [1.29, 1.82) is 0 Å². The van der Waals surface area contributed by atoms with Gasteiger partial charge in [0.15, 0.2) is 0 Å². The molecule has 0 aliphatic heterocycles. The van der Waals surface area contributed by atoms with Crippen molar-refractivity contribution in [3.05, 3.63) is 40.7 Å². The van der Waals surface area contributed by atoms with E-state index in [0.717, 1.165) is 27.7 Å². The average molecular weight is 269 g/mol. The first-order valence-corrected chi connectivity index (χ1v) is 6.41. The Balaban J connectivity index is 2.25. The van der Waals surface area contributed by atoms with Gasteiger partial charge in [-0.2, -0.15) is 0 Å². The maximum absolute atomic E-state index is 5.98. The highest BCUT2D eigenvalue weighted by Crippen LogP contribution is 2.31. The number of aromatic nitrogens is 1. The van der Waals surface area contributed by atoms with Crippen LogP contribution in [0.5, 0.6) is 0 Å². The molecule has 0 spiro atoms. The van der Waals surface area contributed by atoms with Gasteiger partial charge in [0.05, 0.1) is 5.69 Å². The minimum atomic E-state index is 0.655. The molecule has 0 fully saturated rings. The van der Waals surface area contributed by atoms with Crippen LogP contribution in [-0.2, 0) is 6.54 Å². The minimum absolute atomic E-state index is 0.655. The number of nitrogens with one attached hydrogen (secondary N) is 1. The molecule has 0 saturated carbocycles. The Bertz CT molecular complexity index is 513. The summed E-state index contributed by atoms with van der Waals surface area (Å²) in [6, 6.07) is 5.81. The van der Waals surface area contributed by atoms with Gasteiger partial charge >= 0.3 is 0 Å². The zero-order valence-corrected chi connectivity index (χ0v) is 11.2. The molecule has 2 aromatic rings. The van der Waals surface area contributed by atoms with E-state index in [4.69, 9.17) is 16.0 Å². The van der Waals surface area contributed by atoms with Gasteiger partial charge < -0.3 is 9.73 Å². The molecule has 0 atom stereocenters. The third kappa shape index (κ3) is 3.25. The maximum atomic E-state index is 5.98. The molecular formula is C12H13ClN2OS. The molecule has 1 aromatic carbocycles. The zero-order valence-electron chi connectivity index (χ0n) is 9.66. The van der Waals surface area contributed by atoms with Crippen LogP contribution in [0.4, 0.5) is 0 Å². The Hall–Kier alpha value is -0.970. The second-order valence-electron chi connectivity index (χ2n) is 3.64. The second-order valence-corrected chi connectivity index (χ2v) is 5.07. The van der Waals surface area contributed by atoms with E-state index < -0.39 is 0 Å². The fourth-order valence-corrected chi connectivity index (χ4v) is 2.52. The second kappa shape index (κ2) is 5.58. The van der Waals surface area contributed by atoms with Gasteiger partial charge in [-0.15, -0.1) is 0 Å². The lowest BCUT2D eigenvalue weighted by molar-refractivity contribution is 0.454.